The smallest absolute Gasteiger partial charge is 0.322 e. The molecule has 3 aromatic rings. The molecule has 0 aliphatic carbocycles. The van der Waals surface area contributed by atoms with E-state index in [4.69, 9.17) is 16.3 Å². The lowest BCUT2D eigenvalue weighted by atomic mass is 9.81. The molecule has 5 rings (SSSR count). The van der Waals surface area contributed by atoms with E-state index < -0.39 is 43.1 Å². The minimum atomic E-state index is -3.76. The maximum atomic E-state index is 13.8. The Bertz CT molecular complexity index is 1720. The second-order valence-corrected chi connectivity index (χ2v) is 14.8. The number of hydrogen-bond donors (Lipinski definition) is 0. The normalized spacial score (nSPS) is 22.0. The quantitative estimate of drug-likeness (QED) is 0.306. The highest BCUT2D eigenvalue weighted by Gasteiger charge is 2.58. The number of carbonyl (C=O) groups is 2. The van der Waals surface area contributed by atoms with Gasteiger partial charge in [0, 0.05) is 23.4 Å². The van der Waals surface area contributed by atoms with Crippen LogP contribution in [0.5, 0.6) is 0 Å². The Kier molecular flexibility index (Phi) is 7.41. The molecule has 3 aromatic carbocycles. The summed E-state index contributed by atoms with van der Waals surface area (Å²) in [6.07, 6.45) is 1.72. The Labute approximate surface area is 238 Å². The molecular weight excluding hydrogens is 574 g/mol. The molecule has 2 saturated heterocycles. The lowest BCUT2D eigenvalue weighted by Gasteiger charge is -2.37. The van der Waals surface area contributed by atoms with Gasteiger partial charge in [-0.1, -0.05) is 54.1 Å². The van der Waals surface area contributed by atoms with E-state index >= 15 is 0 Å². The van der Waals surface area contributed by atoms with Crippen molar-refractivity contribution in [1.29, 1.82) is 0 Å². The summed E-state index contributed by atoms with van der Waals surface area (Å²) in [6.45, 7) is 1.74. The van der Waals surface area contributed by atoms with Crippen molar-refractivity contribution in [3.63, 3.8) is 0 Å². The molecule has 2 fully saturated rings. The highest BCUT2D eigenvalue weighted by atomic mass is 35.5. The minimum Gasteiger partial charge on any atom is -0.449 e. The predicted octanol–water partition coefficient (Wildman–Crippen LogP) is 4.29. The van der Waals surface area contributed by atoms with Crippen LogP contribution in [0.15, 0.2) is 71.6 Å². The fourth-order valence-corrected chi connectivity index (χ4v) is 8.00. The van der Waals surface area contributed by atoms with Crippen molar-refractivity contribution in [3.05, 3.63) is 88.4 Å². The van der Waals surface area contributed by atoms with Gasteiger partial charge in [-0.3, -0.25) is 9.59 Å². The van der Waals surface area contributed by atoms with Gasteiger partial charge in [0.15, 0.2) is 21.2 Å². The number of hydrogen-bond acceptors (Lipinski definition) is 7. The largest absolute Gasteiger partial charge is 0.449 e. The first kappa shape index (κ1) is 28.5. The van der Waals surface area contributed by atoms with E-state index in [0.717, 1.165) is 6.26 Å². The first-order valence-electron chi connectivity index (χ1n) is 12.7. The maximum Gasteiger partial charge on any atom is 0.322 e. The number of halogens is 1. The Morgan fingerprint density at radius 1 is 1.00 bits per heavy atom. The summed E-state index contributed by atoms with van der Waals surface area (Å²) in [5, 5.41) is 0.239. The zero-order chi connectivity index (χ0) is 28.9. The van der Waals surface area contributed by atoms with Gasteiger partial charge in [-0.05, 0) is 66.3 Å². The lowest BCUT2D eigenvalue weighted by Crippen LogP contribution is -2.54. The Hall–Kier alpha value is -3.05. The number of sulfonamides is 1. The predicted molar refractivity (Wildman–Crippen MR) is 151 cm³/mol. The lowest BCUT2D eigenvalue weighted by molar-refractivity contribution is -0.155. The average molecular weight is 602 g/mol. The van der Waals surface area contributed by atoms with Crippen molar-refractivity contribution >= 4 is 43.2 Å². The van der Waals surface area contributed by atoms with Crippen molar-refractivity contribution in [1.82, 2.24) is 4.31 Å². The van der Waals surface area contributed by atoms with Crippen LogP contribution in [0.2, 0.25) is 5.02 Å². The molecule has 11 heteroatoms. The van der Waals surface area contributed by atoms with Crippen LogP contribution in [-0.2, 0) is 39.9 Å². The molecule has 2 aliphatic rings. The molecule has 40 heavy (non-hydrogen) atoms. The SMILES string of the molecule is Cc1cc(-c2cccc(S(C)(=O)=O)c2)c(Cl)cc1C1C(=O)OC2(CCCN(S(=O)(=O)Cc3ccccc3)C2)C1=O. The number of piperidine rings is 1. The van der Waals surface area contributed by atoms with Crippen LogP contribution < -0.4 is 0 Å². The van der Waals surface area contributed by atoms with Crippen LogP contribution in [0.25, 0.3) is 11.1 Å². The fourth-order valence-electron chi connectivity index (χ4n) is 5.45. The van der Waals surface area contributed by atoms with Crippen LogP contribution >= 0.6 is 11.6 Å². The van der Waals surface area contributed by atoms with Gasteiger partial charge in [-0.15, -0.1) is 0 Å². The summed E-state index contributed by atoms with van der Waals surface area (Å²) in [4.78, 5) is 27.1. The van der Waals surface area contributed by atoms with Crippen molar-refractivity contribution in [2.24, 2.45) is 0 Å². The highest BCUT2D eigenvalue weighted by Crippen LogP contribution is 2.43. The zero-order valence-electron chi connectivity index (χ0n) is 22.0. The summed E-state index contributed by atoms with van der Waals surface area (Å²) in [7, 11) is -7.20. The van der Waals surface area contributed by atoms with Crippen LogP contribution in [-0.4, -0.2) is 57.8 Å². The Morgan fingerprint density at radius 2 is 1.73 bits per heavy atom. The van der Waals surface area contributed by atoms with Crippen molar-refractivity contribution in [2.75, 3.05) is 19.3 Å². The van der Waals surface area contributed by atoms with Gasteiger partial charge in [0.2, 0.25) is 10.0 Å². The number of nitrogens with zero attached hydrogens (tertiary/aromatic N) is 1. The molecule has 210 valence electrons. The van der Waals surface area contributed by atoms with E-state index in [1.54, 1.807) is 55.5 Å². The first-order chi connectivity index (χ1) is 18.8. The van der Waals surface area contributed by atoms with E-state index in [0.29, 0.717) is 34.2 Å². The van der Waals surface area contributed by atoms with Crippen LogP contribution in [0.4, 0.5) is 0 Å². The van der Waals surface area contributed by atoms with E-state index in [9.17, 15) is 26.4 Å². The monoisotopic (exact) mass is 601 g/mol. The van der Waals surface area contributed by atoms with Crippen molar-refractivity contribution < 1.29 is 31.2 Å². The van der Waals surface area contributed by atoms with E-state index in [1.165, 1.54) is 22.5 Å². The molecule has 2 unspecified atom stereocenters. The summed E-state index contributed by atoms with van der Waals surface area (Å²) >= 11 is 6.61. The van der Waals surface area contributed by atoms with Gasteiger partial charge in [-0.2, -0.15) is 4.31 Å². The number of sulfone groups is 1. The molecule has 2 heterocycles. The Balaban J connectivity index is 1.44. The molecule has 0 amide bonds. The molecule has 0 aromatic heterocycles. The van der Waals surface area contributed by atoms with E-state index in [1.807, 2.05) is 0 Å². The molecular formula is C29H28ClNO7S2. The number of benzene rings is 3. The summed E-state index contributed by atoms with van der Waals surface area (Å²) in [5.74, 6) is -2.68. The second-order valence-electron chi connectivity index (χ2n) is 10.4. The van der Waals surface area contributed by atoms with Gasteiger partial charge >= 0.3 is 5.97 Å². The molecule has 8 nitrogen and oxygen atoms in total. The van der Waals surface area contributed by atoms with Gasteiger partial charge in [0.05, 0.1) is 17.2 Å². The van der Waals surface area contributed by atoms with Crippen molar-refractivity contribution in [2.45, 2.75) is 41.9 Å². The number of carbonyl (C=O) groups excluding carboxylic acids is 2. The molecule has 0 N–H and O–H groups in total. The van der Waals surface area contributed by atoms with Crippen molar-refractivity contribution in [3.8, 4) is 11.1 Å². The third-order valence-electron chi connectivity index (χ3n) is 7.49. The van der Waals surface area contributed by atoms with E-state index in [2.05, 4.69) is 0 Å². The molecule has 0 bridgehead atoms. The van der Waals surface area contributed by atoms with E-state index in [-0.39, 0.29) is 35.2 Å². The van der Waals surface area contributed by atoms with Gasteiger partial charge in [0.1, 0.15) is 5.92 Å². The zero-order valence-corrected chi connectivity index (χ0v) is 24.4. The van der Waals surface area contributed by atoms with Gasteiger partial charge in [0.25, 0.3) is 0 Å². The maximum absolute atomic E-state index is 13.8. The number of Topliss-reactive ketones (excluding diaryl/α,β-unsaturated/α-hetero) is 1. The summed E-state index contributed by atoms with van der Waals surface area (Å²) < 4.78 is 57.4. The van der Waals surface area contributed by atoms with Gasteiger partial charge in [-0.25, -0.2) is 16.8 Å². The number of esters is 1. The summed E-state index contributed by atoms with van der Waals surface area (Å²) in [5.41, 5.74) is 1.17. The fraction of sp³-hybridized carbons (Fsp3) is 0.310. The Morgan fingerprint density at radius 3 is 2.42 bits per heavy atom. The van der Waals surface area contributed by atoms with Crippen LogP contribution in [0.1, 0.15) is 35.4 Å². The number of ketones is 1. The molecule has 1 spiro atoms. The molecule has 2 aliphatic heterocycles. The topological polar surface area (TPSA) is 115 Å². The minimum absolute atomic E-state index is 0.142. The average Bonchev–Trinajstić information content (AvgIpc) is 3.13. The first-order valence-corrected chi connectivity index (χ1v) is 16.6. The van der Waals surface area contributed by atoms with Crippen LogP contribution in [0, 0.1) is 6.92 Å². The number of aryl methyl sites for hydroxylation is 1. The standard InChI is InChI=1S/C29H28ClNO7S2/c1-19-14-24(21-10-6-11-22(15-21)39(2,34)35)25(30)16-23(19)26-27(32)29(38-28(26)33)12-7-13-31(18-29)40(36,37)17-20-8-4-3-5-9-20/h3-6,8-11,14-16,26H,7,12-13,17-18H2,1-2H3. The third kappa shape index (κ3) is 5.33. The second kappa shape index (κ2) is 10.4. The van der Waals surface area contributed by atoms with Crippen LogP contribution in [0.3, 0.4) is 0 Å². The highest BCUT2D eigenvalue weighted by molar-refractivity contribution is 7.90. The molecule has 2 atom stereocenters. The summed E-state index contributed by atoms with van der Waals surface area (Å²) in [6, 6.07) is 18.4. The van der Waals surface area contributed by atoms with Gasteiger partial charge < -0.3 is 4.74 Å². The number of rotatable bonds is 6. The number of ether oxygens (including phenoxy) is 1. The molecule has 0 saturated carbocycles. The third-order valence-corrected chi connectivity index (χ3v) is 10.7. The molecule has 0 radical (unpaired) electrons.